The molecule has 0 spiro atoms. The number of nitrogens with one attached hydrogen (secondary N) is 2. The second kappa shape index (κ2) is 6.36. The third kappa shape index (κ3) is 3.33. The van der Waals surface area contributed by atoms with Crippen LogP contribution in [0.1, 0.15) is 0 Å². The monoisotopic (exact) mass is 262 g/mol. The summed E-state index contributed by atoms with van der Waals surface area (Å²) in [5.74, 6) is 0.682. The van der Waals surface area contributed by atoms with Crippen LogP contribution >= 0.6 is 0 Å². The van der Waals surface area contributed by atoms with Crippen molar-refractivity contribution in [3.05, 3.63) is 40.7 Å². The van der Waals surface area contributed by atoms with Crippen LogP contribution in [-0.2, 0) is 9.47 Å². The van der Waals surface area contributed by atoms with Gasteiger partial charge in [-0.25, -0.2) is 0 Å². The minimum Gasteiger partial charge on any atom is -0.382 e. The zero-order valence-corrected chi connectivity index (χ0v) is 11.1. The van der Waals surface area contributed by atoms with Gasteiger partial charge in [-0.3, -0.25) is 4.79 Å². The van der Waals surface area contributed by atoms with Crippen molar-refractivity contribution < 1.29 is 9.47 Å². The van der Waals surface area contributed by atoms with E-state index >= 15 is 0 Å². The summed E-state index contributed by atoms with van der Waals surface area (Å²) in [6.07, 6.45) is -0.0556. The van der Waals surface area contributed by atoms with Gasteiger partial charge in [0.2, 0.25) is 0 Å². The summed E-state index contributed by atoms with van der Waals surface area (Å²) in [6.45, 7) is 1.07. The maximum absolute atomic E-state index is 11.9. The minimum absolute atomic E-state index is 0.0556. The number of rotatable bonds is 6. The molecule has 0 fully saturated rings. The molecule has 1 atom stereocenters. The minimum atomic E-state index is -0.0960. The molecule has 5 heteroatoms. The zero-order valence-electron chi connectivity index (χ0n) is 11.1. The van der Waals surface area contributed by atoms with Crippen LogP contribution in [0.5, 0.6) is 0 Å². The van der Waals surface area contributed by atoms with Crippen LogP contribution in [0.15, 0.2) is 35.1 Å². The molecule has 2 N–H and O–H groups in total. The molecule has 1 aromatic carbocycles. The lowest BCUT2D eigenvalue weighted by Crippen LogP contribution is -2.27. The van der Waals surface area contributed by atoms with E-state index in [1.54, 1.807) is 20.3 Å². The first-order chi connectivity index (χ1) is 9.24. The molecule has 19 heavy (non-hydrogen) atoms. The summed E-state index contributed by atoms with van der Waals surface area (Å²) in [5.41, 5.74) is -0.0960. The van der Waals surface area contributed by atoms with Crippen LogP contribution < -0.4 is 10.9 Å². The van der Waals surface area contributed by atoms with E-state index in [0.717, 1.165) is 5.39 Å². The van der Waals surface area contributed by atoms with Gasteiger partial charge in [-0.2, -0.15) is 0 Å². The zero-order chi connectivity index (χ0) is 13.7. The van der Waals surface area contributed by atoms with E-state index in [2.05, 4.69) is 10.3 Å². The number of pyridine rings is 1. The van der Waals surface area contributed by atoms with E-state index < -0.39 is 0 Å². The van der Waals surface area contributed by atoms with Gasteiger partial charge in [0.05, 0.1) is 12.7 Å². The molecule has 2 aromatic rings. The van der Waals surface area contributed by atoms with Crippen molar-refractivity contribution in [1.29, 1.82) is 0 Å². The molecular weight excluding hydrogens is 244 g/mol. The first kappa shape index (κ1) is 13.6. The lowest BCUT2D eigenvalue weighted by atomic mass is 10.2. The number of hydrogen-bond acceptors (Lipinski definition) is 4. The first-order valence-corrected chi connectivity index (χ1v) is 6.12. The van der Waals surface area contributed by atoms with E-state index in [-0.39, 0.29) is 11.7 Å². The maximum atomic E-state index is 11.9. The SMILES string of the molecule is COCC(CNc1cc2ccccc2c(=O)[nH]1)OC. The van der Waals surface area contributed by atoms with Gasteiger partial charge in [0, 0.05) is 26.2 Å². The van der Waals surface area contributed by atoms with E-state index in [1.165, 1.54) is 0 Å². The highest BCUT2D eigenvalue weighted by atomic mass is 16.5. The van der Waals surface area contributed by atoms with E-state index in [4.69, 9.17) is 9.47 Å². The smallest absolute Gasteiger partial charge is 0.257 e. The molecule has 0 amide bonds. The Morgan fingerprint density at radius 3 is 2.84 bits per heavy atom. The van der Waals surface area contributed by atoms with Crippen LogP contribution in [0.25, 0.3) is 10.8 Å². The van der Waals surface area contributed by atoms with Gasteiger partial charge in [-0.1, -0.05) is 18.2 Å². The fourth-order valence-corrected chi connectivity index (χ4v) is 1.93. The van der Waals surface area contributed by atoms with Gasteiger partial charge >= 0.3 is 0 Å². The Balaban J connectivity index is 2.15. The number of fused-ring (bicyclic) bond motifs is 1. The maximum Gasteiger partial charge on any atom is 0.257 e. The second-order valence-corrected chi connectivity index (χ2v) is 4.29. The van der Waals surface area contributed by atoms with Crippen LogP contribution in [0.2, 0.25) is 0 Å². The predicted octanol–water partition coefficient (Wildman–Crippen LogP) is 1.60. The normalized spacial score (nSPS) is 12.5. The highest BCUT2D eigenvalue weighted by molar-refractivity contribution is 5.83. The summed E-state index contributed by atoms with van der Waals surface area (Å²) in [7, 11) is 3.26. The molecule has 1 unspecified atom stereocenters. The molecule has 2 rings (SSSR count). The van der Waals surface area contributed by atoms with Crippen LogP contribution in [-0.4, -0.2) is 38.5 Å². The molecule has 0 radical (unpaired) electrons. The Bertz CT molecular complexity index is 595. The number of hydrogen-bond donors (Lipinski definition) is 2. The molecule has 102 valence electrons. The molecule has 0 bridgehead atoms. The molecule has 0 aliphatic rings. The highest BCUT2D eigenvalue weighted by Gasteiger charge is 2.07. The summed E-state index contributed by atoms with van der Waals surface area (Å²) in [6, 6.07) is 9.40. The Labute approximate surface area is 111 Å². The average molecular weight is 262 g/mol. The van der Waals surface area contributed by atoms with Gasteiger partial charge in [0.25, 0.3) is 5.56 Å². The number of anilines is 1. The van der Waals surface area contributed by atoms with Gasteiger partial charge < -0.3 is 19.8 Å². The van der Waals surface area contributed by atoms with Crippen molar-refractivity contribution in [2.75, 3.05) is 32.7 Å². The Morgan fingerprint density at radius 1 is 1.32 bits per heavy atom. The number of methoxy groups -OCH3 is 2. The average Bonchev–Trinajstić information content (AvgIpc) is 2.43. The molecule has 1 heterocycles. The van der Waals surface area contributed by atoms with E-state index in [1.807, 2.05) is 24.3 Å². The van der Waals surface area contributed by atoms with Crippen molar-refractivity contribution in [3.63, 3.8) is 0 Å². The number of benzene rings is 1. The number of H-pyrrole nitrogens is 1. The fraction of sp³-hybridized carbons (Fsp3) is 0.357. The van der Waals surface area contributed by atoms with Crippen molar-refractivity contribution in [2.45, 2.75) is 6.10 Å². The van der Waals surface area contributed by atoms with Crippen LogP contribution in [0.3, 0.4) is 0 Å². The molecule has 0 aliphatic heterocycles. The van der Waals surface area contributed by atoms with Crippen molar-refractivity contribution in [3.8, 4) is 0 Å². The van der Waals surface area contributed by atoms with E-state index in [9.17, 15) is 4.79 Å². The van der Waals surface area contributed by atoms with Gasteiger partial charge in [-0.15, -0.1) is 0 Å². The Kier molecular flexibility index (Phi) is 4.54. The second-order valence-electron chi connectivity index (χ2n) is 4.29. The lowest BCUT2D eigenvalue weighted by Gasteiger charge is -2.15. The van der Waals surface area contributed by atoms with Gasteiger partial charge in [0.15, 0.2) is 0 Å². The Morgan fingerprint density at radius 2 is 2.11 bits per heavy atom. The number of aromatic amines is 1. The topological polar surface area (TPSA) is 63.3 Å². The summed E-state index contributed by atoms with van der Waals surface area (Å²) in [5, 5.41) is 4.75. The largest absolute Gasteiger partial charge is 0.382 e. The molecular formula is C14H18N2O3. The lowest BCUT2D eigenvalue weighted by molar-refractivity contribution is 0.0365. The summed E-state index contributed by atoms with van der Waals surface area (Å²) >= 11 is 0. The van der Waals surface area contributed by atoms with Crippen LogP contribution in [0.4, 0.5) is 5.82 Å². The molecule has 0 saturated carbocycles. The summed E-state index contributed by atoms with van der Waals surface area (Å²) in [4.78, 5) is 14.7. The summed E-state index contributed by atoms with van der Waals surface area (Å²) < 4.78 is 10.3. The molecule has 1 aromatic heterocycles. The standard InChI is InChI=1S/C14H18N2O3/c1-18-9-11(19-2)8-15-13-7-10-5-3-4-6-12(10)14(17)16-13/h3-7,11H,8-9H2,1-2H3,(H2,15,16,17). The quantitative estimate of drug-likeness (QED) is 0.830. The highest BCUT2D eigenvalue weighted by Crippen LogP contribution is 2.12. The molecule has 0 saturated heterocycles. The Hall–Kier alpha value is -1.85. The molecule has 5 nitrogen and oxygen atoms in total. The van der Waals surface area contributed by atoms with Crippen molar-refractivity contribution in [2.24, 2.45) is 0 Å². The van der Waals surface area contributed by atoms with Crippen LogP contribution in [0, 0.1) is 0 Å². The van der Waals surface area contributed by atoms with Crippen molar-refractivity contribution >= 4 is 16.6 Å². The predicted molar refractivity (Wildman–Crippen MR) is 75.7 cm³/mol. The third-order valence-electron chi connectivity index (χ3n) is 2.96. The molecule has 0 aliphatic carbocycles. The number of aromatic nitrogens is 1. The van der Waals surface area contributed by atoms with E-state index in [0.29, 0.717) is 24.4 Å². The van der Waals surface area contributed by atoms with Crippen molar-refractivity contribution in [1.82, 2.24) is 4.98 Å². The first-order valence-electron chi connectivity index (χ1n) is 6.12. The van der Waals surface area contributed by atoms with Gasteiger partial charge in [0.1, 0.15) is 5.82 Å². The van der Waals surface area contributed by atoms with Gasteiger partial charge in [-0.05, 0) is 17.5 Å². The number of ether oxygens (including phenoxy) is 2. The third-order valence-corrected chi connectivity index (χ3v) is 2.96. The fourth-order valence-electron chi connectivity index (χ4n) is 1.93.